The van der Waals surface area contributed by atoms with E-state index in [4.69, 9.17) is 4.98 Å². The molecule has 5 aromatic heterocycles. The van der Waals surface area contributed by atoms with E-state index in [-0.39, 0.29) is 0 Å². The SMILES string of the molecule is c1cnc2[nH]c(-c3n[nH]c4ccc(-c5ccncc5)nc34)cc2c1. The predicted molar refractivity (Wildman–Crippen MR) is 92.2 cm³/mol. The maximum absolute atomic E-state index is 4.79. The summed E-state index contributed by atoms with van der Waals surface area (Å²) in [4.78, 5) is 16.5. The minimum atomic E-state index is 0.791. The molecule has 5 rings (SSSR count). The molecule has 0 aliphatic carbocycles. The number of aromatic amines is 2. The molecule has 0 amide bonds. The number of hydrogen-bond acceptors (Lipinski definition) is 4. The Morgan fingerprint density at radius 2 is 1.83 bits per heavy atom. The normalized spacial score (nSPS) is 11.3. The van der Waals surface area contributed by atoms with E-state index in [1.165, 1.54) is 0 Å². The van der Waals surface area contributed by atoms with Gasteiger partial charge in [0.15, 0.2) is 0 Å². The first-order valence-electron chi connectivity index (χ1n) is 7.58. The zero-order valence-corrected chi connectivity index (χ0v) is 12.6. The number of hydrogen-bond donors (Lipinski definition) is 2. The van der Waals surface area contributed by atoms with E-state index < -0.39 is 0 Å². The zero-order valence-electron chi connectivity index (χ0n) is 12.6. The first-order valence-corrected chi connectivity index (χ1v) is 7.58. The van der Waals surface area contributed by atoms with Crippen LogP contribution in [0, 0.1) is 0 Å². The van der Waals surface area contributed by atoms with Gasteiger partial charge in [0.05, 0.1) is 16.9 Å². The maximum Gasteiger partial charge on any atom is 0.137 e. The third kappa shape index (κ3) is 1.97. The van der Waals surface area contributed by atoms with Crippen molar-refractivity contribution in [3.8, 4) is 22.6 Å². The number of fused-ring (bicyclic) bond motifs is 2. The second kappa shape index (κ2) is 4.99. The van der Waals surface area contributed by atoms with E-state index in [9.17, 15) is 0 Å². The Hall–Kier alpha value is -3.54. The van der Waals surface area contributed by atoms with Crippen LogP contribution in [0.5, 0.6) is 0 Å². The minimum Gasteiger partial charge on any atom is -0.338 e. The molecule has 24 heavy (non-hydrogen) atoms. The molecule has 5 heterocycles. The van der Waals surface area contributed by atoms with E-state index in [1.807, 2.05) is 42.5 Å². The van der Waals surface area contributed by atoms with Gasteiger partial charge in [0.25, 0.3) is 0 Å². The quantitative estimate of drug-likeness (QED) is 0.522. The minimum absolute atomic E-state index is 0.791. The Kier molecular flexibility index (Phi) is 2.69. The van der Waals surface area contributed by atoms with Crippen molar-refractivity contribution in [1.82, 2.24) is 30.1 Å². The first-order chi connectivity index (χ1) is 11.9. The summed E-state index contributed by atoms with van der Waals surface area (Å²) in [6.45, 7) is 0. The molecule has 0 aliphatic rings. The van der Waals surface area contributed by atoms with Gasteiger partial charge in [0, 0.05) is 29.5 Å². The molecule has 114 valence electrons. The van der Waals surface area contributed by atoms with Crippen LogP contribution in [0.3, 0.4) is 0 Å². The summed E-state index contributed by atoms with van der Waals surface area (Å²) in [7, 11) is 0. The van der Waals surface area contributed by atoms with Crippen molar-refractivity contribution in [1.29, 1.82) is 0 Å². The predicted octanol–water partition coefficient (Wildman–Crippen LogP) is 3.56. The number of H-pyrrole nitrogens is 2. The largest absolute Gasteiger partial charge is 0.338 e. The van der Waals surface area contributed by atoms with Gasteiger partial charge in [-0.3, -0.25) is 10.1 Å². The van der Waals surface area contributed by atoms with Crippen LogP contribution in [-0.2, 0) is 0 Å². The van der Waals surface area contributed by atoms with Crippen molar-refractivity contribution < 1.29 is 0 Å². The summed E-state index contributed by atoms with van der Waals surface area (Å²) in [6.07, 6.45) is 5.30. The molecule has 0 fully saturated rings. The summed E-state index contributed by atoms with van der Waals surface area (Å²) in [5, 5.41) is 8.53. The van der Waals surface area contributed by atoms with Gasteiger partial charge in [-0.15, -0.1) is 0 Å². The molecule has 0 aromatic carbocycles. The Morgan fingerprint density at radius 1 is 0.917 bits per heavy atom. The van der Waals surface area contributed by atoms with Gasteiger partial charge in [-0.2, -0.15) is 5.10 Å². The highest BCUT2D eigenvalue weighted by Crippen LogP contribution is 2.28. The fourth-order valence-electron chi connectivity index (χ4n) is 2.86. The Labute approximate surface area is 136 Å². The lowest BCUT2D eigenvalue weighted by Gasteiger charge is -2.00. The van der Waals surface area contributed by atoms with Crippen LogP contribution in [0.2, 0.25) is 0 Å². The second-order valence-corrected chi connectivity index (χ2v) is 5.53. The van der Waals surface area contributed by atoms with Crippen molar-refractivity contribution in [2.75, 3.05) is 0 Å². The maximum atomic E-state index is 4.79. The summed E-state index contributed by atoms with van der Waals surface area (Å²) >= 11 is 0. The third-order valence-electron chi connectivity index (χ3n) is 4.03. The molecule has 0 spiro atoms. The zero-order chi connectivity index (χ0) is 15.9. The van der Waals surface area contributed by atoms with Gasteiger partial charge in [-0.05, 0) is 42.5 Å². The van der Waals surface area contributed by atoms with Gasteiger partial charge in [-0.25, -0.2) is 9.97 Å². The molecule has 0 bridgehead atoms. The fourth-order valence-corrected chi connectivity index (χ4v) is 2.86. The number of nitrogens with one attached hydrogen (secondary N) is 2. The standard InChI is InChI=1S/C18H12N6/c1-2-12-10-15(22-18(12)20-7-1)17-16-14(23-24-17)4-3-13(21-16)11-5-8-19-9-6-11/h1-10H,(H,20,22)(H,23,24). The molecule has 0 unspecified atom stereocenters. The molecule has 6 heteroatoms. The molecule has 0 saturated carbocycles. The van der Waals surface area contributed by atoms with Crippen LogP contribution in [0.4, 0.5) is 0 Å². The van der Waals surface area contributed by atoms with Gasteiger partial charge < -0.3 is 4.98 Å². The Bertz CT molecular complexity index is 1120. The molecule has 6 nitrogen and oxygen atoms in total. The smallest absolute Gasteiger partial charge is 0.137 e. The first kappa shape index (κ1) is 13.0. The molecule has 0 saturated heterocycles. The lowest BCUT2D eigenvalue weighted by atomic mass is 10.1. The van der Waals surface area contributed by atoms with E-state index >= 15 is 0 Å². The van der Waals surface area contributed by atoms with E-state index in [1.54, 1.807) is 18.6 Å². The van der Waals surface area contributed by atoms with Crippen LogP contribution in [-0.4, -0.2) is 30.1 Å². The third-order valence-corrected chi connectivity index (χ3v) is 4.03. The lowest BCUT2D eigenvalue weighted by Crippen LogP contribution is -1.86. The summed E-state index contributed by atoms with van der Waals surface area (Å²) in [6, 6.07) is 13.8. The van der Waals surface area contributed by atoms with Crippen molar-refractivity contribution in [2.24, 2.45) is 0 Å². The Balaban J connectivity index is 1.71. The van der Waals surface area contributed by atoms with Crippen molar-refractivity contribution in [3.63, 3.8) is 0 Å². The second-order valence-electron chi connectivity index (χ2n) is 5.53. The average Bonchev–Trinajstić information content (AvgIpc) is 3.25. The molecular weight excluding hydrogens is 300 g/mol. The van der Waals surface area contributed by atoms with E-state index in [0.717, 1.165) is 44.7 Å². The van der Waals surface area contributed by atoms with Crippen molar-refractivity contribution >= 4 is 22.1 Å². The van der Waals surface area contributed by atoms with Crippen LogP contribution in [0.15, 0.2) is 61.1 Å². The van der Waals surface area contributed by atoms with Crippen LogP contribution >= 0.6 is 0 Å². The van der Waals surface area contributed by atoms with Crippen molar-refractivity contribution in [2.45, 2.75) is 0 Å². The highest BCUT2D eigenvalue weighted by Gasteiger charge is 2.13. The summed E-state index contributed by atoms with van der Waals surface area (Å²) in [5.74, 6) is 0. The van der Waals surface area contributed by atoms with Crippen LogP contribution in [0.25, 0.3) is 44.7 Å². The average molecular weight is 312 g/mol. The number of aromatic nitrogens is 6. The van der Waals surface area contributed by atoms with Gasteiger partial charge >= 0.3 is 0 Å². The molecule has 0 radical (unpaired) electrons. The highest BCUT2D eigenvalue weighted by atomic mass is 15.1. The number of rotatable bonds is 2. The van der Waals surface area contributed by atoms with Gasteiger partial charge in [0.2, 0.25) is 0 Å². The topological polar surface area (TPSA) is 83.1 Å². The lowest BCUT2D eigenvalue weighted by molar-refractivity contribution is 1.12. The molecule has 0 atom stereocenters. The van der Waals surface area contributed by atoms with Crippen LogP contribution in [0.1, 0.15) is 0 Å². The fraction of sp³-hybridized carbons (Fsp3) is 0. The van der Waals surface area contributed by atoms with Crippen molar-refractivity contribution in [3.05, 3.63) is 61.1 Å². The number of pyridine rings is 3. The Morgan fingerprint density at radius 3 is 2.71 bits per heavy atom. The van der Waals surface area contributed by atoms with Gasteiger partial charge in [-0.1, -0.05) is 0 Å². The van der Waals surface area contributed by atoms with E-state index in [2.05, 4.69) is 25.1 Å². The molecule has 0 aliphatic heterocycles. The van der Waals surface area contributed by atoms with Crippen LogP contribution < -0.4 is 0 Å². The molecular formula is C18H12N6. The summed E-state index contributed by atoms with van der Waals surface area (Å²) < 4.78 is 0. The summed E-state index contributed by atoms with van der Waals surface area (Å²) in [5.41, 5.74) is 6.17. The molecule has 2 N–H and O–H groups in total. The monoisotopic (exact) mass is 312 g/mol. The highest BCUT2D eigenvalue weighted by molar-refractivity contribution is 5.93. The van der Waals surface area contributed by atoms with Gasteiger partial charge in [0.1, 0.15) is 16.9 Å². The molecule has 5 aromatic rings. The van der Waals surface area contributed by atoms with E-state index in [0.29, 0.717) is 0 Å². The number of nitrogens with zero attached hydrogens (tertiary/aromatic N) is 4.